The number of hydrogen-bond acceptors (Lipinski definition) is 2. The van der Waals surface area contributed by atoms with Crippen LogP contribution in [0.5, 0.6) is 0 Å². The Bertz CT molecular complexity index is 907. The summed E-state index contributed by atoms with van der Waals surface area (Å²) < 4.78 is 1.86. The fourth-order valence-corrected chi connectivity index (χ4v) is 3.69. The molecule has 27 heavy (non-hydrogen) atoms. The van der Waals surface area contributed by atoms with E-state index < -0.39 is 0 Å². The molecule has 0 bridgehead atoms. The van der Waals surface area contributed by atoms with Crippen LogP contribution in [0.15, 0.2) is 60.7 Å². The van der Waals surface area contributed by atoms with Gasteiger partial charge in [-0.2, -0.15) is 5.10 Å². The van der Waals surface area contributed by atoms with Crippen molar-refractivity contribution in [2.24, 2.45) is 0 Å². The van der Waals surface area contributed by atoms with Crippen LogP contribution in [0.1, 0.15) is 48.2 Å². The molecule has 0 unspecified atom stereocenters. The summed E-state index contributed by atoms with van der Waals surface area (Å²) in [6, 6.07) is 20.5. The number of carbonyl (C=O) groups is 1. The second kappa shape index (κ2) is 7.78. The molecule has 4 nitrogen and oxygen atoms in total. The van der Waals surface area contributed by atoms with Gasteiger partial charge in [0.2, 0.25) is 0 Å². The number of rotatable bonds is 4. The Morgan fingerprint density at radius 3 is 2.41 bits per heavy atom. The van der Waals surface area contributed by atoms with Crippen molar-refractivity contribution >= 4 is 5.91 Å². The van der Waals surface area contributed by atoms with Crippen LogP contribution in [-0.2, 0) is 0 Å². The molecule has 1 aliphatic rings. The molecule has 0 atom stereocenters. The van der Waals surface area contributed by atoms with E-state index in [2.05, 4.69) is 41.6 Å². The van der Waals surface area contributed by atoms with E-state index in [9.17, 15) is 4.79 Å². The second-order valence-corrected chi connectivity index (χ2v) is 7.34. The lowest BCUT2D eigenvalue weighted by atomic mass is 9.95. The Hall–Kier alpha value is -2.88. The standard InChI is InChI=1S/C23H25N3O/c1-17-12-14-18(15-13-17)22-16-21(23(27)24-19-8-4-2-5-9-19)25-26(22)20-10-6-3-7-11-20/h3,6-7,10-16,19H,2,4-5,8-9H2,1H3,(H,24,27). The van der Waals surface area contributed by atoms with Crippen LogP contribution in [0, 0.1) is 6.92 Å². The molecule has 1 heterocycles. The van der Waals surface area contributed by atoms with Gasteiger partial charge in [-0.3, -0.25) is 4.79 Å². The number of hydrogen-bond donors (Lipinski definition) is 1. The summed E-state index contributed by atoms with van der Waals surface area (Å²) in [5.74, 6) is -0.0788. The van der Waals surface area contributed by atoms with Crippen LogP contribution in [-0.4, -0.2) is 21.7 Å². The molecule has 4 heteroatoms. The number of nitrogens with one attached hydrogen (secondary N) is 1. The van der Waals surface area contributed by atoms with Gasteiger partial charge in [0, 0.05) is 11.6 Å². The summed E-state index contributed by atoms with van der Waals surface area (Å²) in [5.41, 5.74) is 4.60. The van der Waals surface area contributed by atoms with Crippen molar-refractivity contribution in [2.75, 3.05) is 0 Å². The molecule has 138 valence electrons. The number of benzene rings is 2. The van der Waals surface area contributed by atoms with Gasteiger partial charge >= 0.3 is 0 Å². The van der Waals surface area contributed by atoms with Crippen molar-refractivity contribution in [1.82, 2.24) is 15.1 Å². The quantitative estimate of drug-likeness (QED) is 0.719. The SMILES string of the molecule is Cc1ccc(-c2cc(C(=O)NC3CCCCC3)nn2-c2ccccc2)cc1. The molecule has 0 radical (unpaired) electrons. The molecule has 0 spiro atoms. The molecular formula is C23H25N3O. The normalized spacial score (nSPS) is 14.9. The van der Waals surface area contributed by atoms with Crippen LogP contribution in [0.4, 0.5) is 0 Å². The largest absolute Gasteiger partial charge is 0.348 e. The van der Waals surface area contributed by atoms with Crippen molar-refractivity contribution in [1.29, 1.82) is 0 Å². The zero-order valence-corrected chi connectivity index (χ0v) is 15.7. The Morgan fingerprint density at radius 2 is 1.70 bits per heavy atom. The molecule has 1 fully saturated rings. The molecule has 2 aromatic carbocycles. The molecular weight excluding hydrogens is 334 g/mol. The summed E-state index contributed by atoms with van der Waals surface area (Å²) in [7, 11) is 0. The van der Waals surface area contributed by atoms with Gasteiger partial charge in [0.1, 0.15) is 0 Å². The highest BCUT2D eigenvalue weighted by Gasteiger charge is 2.20. The van der Waals surface area contributed by atoms with Crippen molar-refractivity contribution < 1.29 is 4.79 Å². The summed E-state index contributed by atoms with van der Waals surface area (Å²) in [5, 5.41) is 7.82. The van der Waals surface area contributed by atoms with Crippen molar-refractivity contribution in [3.8, 4) is 16.9 Å². The number of aromatic nitrogens is 2. The molecule has 4 rings (SSSR count). The van der Waals surface area contributed by atoms with Crippen LogP contribution >= 0.6 is 0 Å². The first-order valence-corrected chi connectivity index (χ1v) is 9.74. The van der Waals surface area contributed by atoms with E-state index in [0.717, 1.165) is 29.8 Å². The third-order valence-corrected chi connectivity index (χ3v) is 5.23. The van der Waals surface area contributed by atoms with Gasteiger partial charge in [0.25, 0.3) is 5.91 Å². The lowest BCUT2D eigenvalue weighted by Gasteiger charge is -2.22. The third-order valence-electron chi connectivity index (χ3n) is 5.23. The molecule has 1 saturated carbocycles. The van der Waals surface area contributed by atoms with E-state index in [0.29, 0.717) is 5.69 Å². The summed E-state index contributed by atoms with van der Waals surface area (Å²) in [6.45, 7) is 2.07. The minimum absolute atomic E-state index is 0.0788. The second-order valence-electron chi connectivity index (χ2n) is 7.34. The monoisotopic (exact) mass is 359 g/mol. The van der Waals surface area contributed by atoms with Gasteiger partial charge in [-0.1, -0.05) is 67.3 Å². The van der Waals surface area contributed by atoms with Gasteiger partial charge in [-0.25, -0.2) is 4.68 Å². The highest BCUT2D eigenvalue weighted by atomic mass is 16.2. The van der Waals surface area contributed by atoms with Crippen LogP contribution < -0.4 is 5.32 Å². The van der Waals surface area contributed by atoms with Gasteiger partial charge in [-0.15, -0.1) is 0 Å². The topological polar surface area (TPSA) is 46.9 Å². The Balaban J connectivity index is 1.69. The number of aryl methyl sites for hydroxylation is 1. The molecule has 1 aliphatic carbocycles. The van der Waals surface area contributed by atoms with Gasteiger partial charge in [0.05, 0.1) is 11.4 Å². The van der Waals surface area contributed by atoms with Crippen LogP contribution in [0.3, 0.4) is 0 Å². The fourth-order valence-electron chi connectivity index (χ4n) is 3.69. The molecule has 0 aliphatic heterocycles. The zero-order chi connectivity index (χ0) is 18.6. The number of nitrogens with zero attached hydrogens (tertiary/aromatic N) is 2. The zero-order valence-electron chi connectivity index (χ0n) is 15.7. The minimum Gasteiger partial charge on any atom is -0.348 e. The van der Waals surface area contributed by atoms with Crippen molar-refractivity contribution in [3.63, 3.8) is 0 Å². The van der Waals surface area contributed by atoms with Crippen molar-refractivity contribution in [2.45, 2.75) is 45.1 Å². The first kappa shape index (κ1) is 17.5. The van der Waals surface area contributed by atoms with Crippen LogP contribution in [0.25, 0.3) is 16.9 Å². The van der Waals surface area contributed by atoms with E-state index in [1.54, 1.807) is 0 Å². The highest BCUT2D eigenvalue weighted by molar-refractivity contribution is 5.93. The van der Waals surface area contributed by atoms with Gasteiger partial charge < -0.3 is 5.32 Å². The number of para-hydroxylation sites is 1. The number of carbonyl (C=O) groups excluding carboxylic acids is 1. The van der Waals surface area contributed by atoms with E-state index in [1.807, 2.05) is 41.1 Å². The molecule has 3 aromatic rings. The fraction of sp³-hybridized carbons (Fsp3) is 0.304. The Labute approximate surface area is 160 Å². The Kier molecular flexibility index (Phi) is 5.05. The molecule has 0 saturated heterocycles. The molecule has 1 amide bonds. The lowest BCUT2D eigenvalue weighted by molar-refractivity contribution is 0.0922. The third kappa shape index (κ3) is 3.95. The molecule has 1 N–H and O–H groups in total. The smallest absolute Gasteiger partial charge is 0.272 e. The average molecular weight is 359 g/mol. The number of amides is 1. The summed E-state index contributed by atoms with van der Waals surface area (Å²) >= 11 is 0. The predicted octanol–water partition coefficient (Wildman–Crippen LogP) is 4.91. The van der Waals surface area contributed by atoms with E-state index >= 15 is 0 Å². The average Bonchev–Trinajstić information content (AvgIpc) is 3.16. The highest BCUT2D eigenvalue weighted by Crippen LogP contribution is 2.25. The first-order chi connectivity index (χ1) is 13.2. The first-order valence-electron chi connectivity index (χ1n) is 9.74. The van der Waals surface area contributed by atoms with Gasteiger partial charge in [-0.05, 0) is 38.0 Å². The van der Waals surface area contributed by atoms with Gasteiger partial charge in [0.15, 0.2) is 5.69 Å². The van der Waals surface area contributed by atoms with Crippen LogP contribution in [0.2, 0.25) is 0 Å². The predicted molar refractivity (Wildman–Crippen MR) is 108 cm³/mol. The lowest BCUT2D eigenvalue weighted by Crippen LogP contribution is -2.36. The van der Waals surface area contributed by atoms with E-state index in [4.69, 9.17) is 0 Å². The summed E-state index contributed by atoms with van der Waals surface area (Å²) in [6.07, 6.45) is 5.79. The minimum atomic E-state index is -0.0788. The maximum absolute atomic E-state index is 12.8. The van der Waals surface area contributed by atoms with E-state index in [1.165, 1.54) is 24.8 Å². The Morgan fingerprint density at radius 1 is 1.00 bits per heavy atom. The maximum atomic E-state index is 12.8. The summed E-state index contributed by atoms with van der Waals surface area (Å²) in [4.78, 5) is 12.8. The maximum Gasteiger partial charge on any atom is 0.272 e. The van der Waals surface area contributed by atoms with Crippen molar-refractivity contribution in [3.05, 3.63) is 71.9 Å². The van der Waals surface area contributed by atoms with E-state index in [-0.39, 0.29) is 11.9 Å². The molecule has 1 aromatic heterocycles.